The van der Waals surface area contributed by atoms with Gasteiger partial charge in [0.1, 0.15) is 11.6 Å². The number of benzene rings is 1. The minimum atomic E-state index is -0.595. The van der Waals surface area contributed by atoms with Gasteiger partial charge in [0.05, 0.1) is 0 Å². The summed E-state index contributed by atoms with van der Waals surface area (Å²) in [4.78, 5) is 3.79. The molecule has 0 atom stereocenters. The van der Waals surface area contributed by atoms with Crippen LogP contribution in [0.3, 0.4) is 0 Å². The first-order chi connectivity index (χ1) is 8.61. The zero-order valence-corrected chi connectivity index (χ0v) is 9.78. The summed E-state index contributed by atoms with van der Waals surface area (Å²) in [6.07, 6.45) is 1.41. The molecule has 2 N–H and O–H groups in total. The van der Waals surface area contributed by atoms with Crippen molar-refractivity contribution < 1.29 is 13.5 Å². The molecule has 0 unspecified atom stereocenters. The lowest BCUT2D eigenvalue weighted by molar-refractivity contribution is 0.418. The first-order valence-electron chi connectivity index (χ1n) is 5.39. The number of aromatic nitrogens is 1. The summed E-state index contributed by atoms with van der Waals surface area (Å²) in [5.41, 5.74) is 6.12. The van der Waals surface area contributed by atoms with E-state index in [4.69, 9.17) is 10.5 Å². The molecule has 0 spiro atoms. The van der Waals surface area contributed by atoms with Crippen molar-refractivity contribution in [2.24, 2.45) is 5.73 Å². The Morgan fingerprint density at radius 3 is 2.72 bits per heavy atom. The summed E-state index contributed by atoms with van der Waals surface area (Å²) in [7, 11) is 0. The minimum absolute atomic E-state index is 0.0627. The van der Waals surface area contributed by atoms with Gasteiger partial charge in [-0.3, -0.25) is 0 Å². The number of hydrogen-bond donors (Lipinski definition) is 1. The summed E-state index contributed by atoms with van der Waals surface area (Å²) >= 11 is 0. The molecule has 18 heavy (non-hydrogen) atoms. The Morgan fingerprint density at radius 2 is 2.06 bits per heavy atom. The minimum Gasteiger partial charge on any atom is -0.436 e. The summed E-state index contributed by atoms with van der Waals surface area (Å²) in [5.74, 6) is -0.771. The Hall–Kier alpha value is -2.01. The van der Waals surface area contributed by atoms with E-state index in [2.05, 4.69) is 4.98 Å². The van der Waals surface area contributed by atoms with E-state index in [1.54, 1.807) is 6.92 Å². The maximum absolute atomic E-state index is 13.8. The molecule has 94 valence electrons. The van der Waals surface area contributed by atoms with Gasteiger partial charge in [0.15, 0.2) is 5.82 Å². The first-order valence-corrected chi connectivity index (χ1v) is 5.39. The summed E-state index contributed by atoms with van der Waals surface area (Å²) in [6, 6.07) is 5.64. The highest BCUT2D eigenvalue weighted by Gasteiger charge is 2.11. The molecule has 0 fully saturated rings. The SMILES string of the molecule is Cc1cc(Oc2nccc(CN)c2F)ccc1F. The van der Waals surface area contributed by atoms with Crippen molar-refractivity contribution in [3.63, 3.8) is 0 Å². The Balaban J connectivity index is 2.31. The van der Waals surface area contributed by atoms with Gasteiger partial charge < -0.3 is 10.5 Å². The van der Waals surface area contributed by atoms with Crippen LogP contribution in [0.1, 0.15) is 11.1 Å². The molecule has 0 radical (unpaired) electrons. The van der Waals surface area contributed by atoms with E-state index in [1.165, 1.54) is 30.5 Å². The molecule has 3 nitrogen and oxygen atoms in total. The van der Waals surface area contributed by atoms with E-state index < -0.39 is 5.82 Å². The number of rotatable bonds is 3. The summed E-state index contributed by atoms with van der Waals surface area (Å²) in [6.45, 7) is 1.66. The first kappa shape index (κ1) is 12.4. The van der Waals surface area contributed by atoms with Crippen molar-refractivity contribution in [1.29, 1.82) is 0 Å². The largest absolute Gasteiger partial charge is 0.436 e. The Morgan fingerprint density at radius 1 is 1.28 bits per heavy atom. The van der Waals surface area contributed by atoms with Crippen molar-refractivity contribution in [2.45, 2.75) is 13.5 Å². The van der Waals surface area contributed by atoms with Gasteiger partial charge in [-0.15, -0.1) is 0 Å². The van der Waals surface area contributed by atoms with Crippen LogP contribution in [-0.4, -0.2) is 4.98 Å². The van der Waals surface area contributed by atoms with Crippen LogP contribution in [0, 0.1) is 18.6 Å². The monoisotopic (exact) mass is 250 g/mol. The van der Waals surface area contributed by atoms with Gasteiger partial charge in [-0.2, -0.15) is 0 Å². The number of hydrogen-bond acceptors (Lipinski definition) is 3. The normalized spacial score (nSPS) is 10.4. The van der Waals surface area contributed by atoms with E-state index >= 15 is 0 Å². The van der Waals surface area contributed by atoms with Crippen LogP contribution < -0.4 is 10.5 Å². The fourth-order valence-electron chi connectivity index (χ4n) is 1.48. The van der Waals surface area contributed by atoms with E-state index in [0.29, 0.717) is 16.9 Å². The molecule has 0 aliphatic carbocycles. The second kappa shape index (κ2) is 5.10. The highest BCUT2D eigenvalue weighted by molar-refractivity contribution is 5.33. The number of ether oxygens (including phenoxy) is 1. The molecule has 5 heteroatoms. The average Bonchev–Trinajstić information content (AvgIpc) is 2.36. The number of nitrogens with zero attached hydrogens (tertiary/aromatic N) is 1. The van der Waals surface area contributed by atoms with Crippen molar-refractivity contribution in [3.8, 4) is 11.6 Å². The summed E-state index contributed by atoms with van der Waals surface area (Å²) in [5, 5.41) is 0. The average molecular weight is 250 g/mol. The fraction of sp³-hybridized carbons (Fsp3) is 0.154. The Bertz CT molecular complexity index is 573. The smallest absolute Gasteiger partial charge is 0.256 e. The molecule has 0 bridgehead atoms. The topological polar surface area (TPSA) is 48.1 Å². The molecule has 1 heterocycles. The molecular formula is C13H12F2N2O. The van der Waals surface area contributed by atoms with Gasteiger partial charge in [0.2, 0.25) is 0 Å². The van der Waals surface area contributed by atoms with Crippen LogP contribution in [0.2, 0.25) is 0 Å². The molecule has 2 rings (SSSR count). The van der Waals surface area contributed by atoms with E-state index in [-0.39, 0.29) is 18.2 Å². The zero-order chi connectivity index (χ0) is 13.1. The number of nitrogens with two attached hydrogens (primary N) is 1. The molecule has 0 aliphatic heterocycles. The predicted molar refractivity (Wildman–Crippen MR) is 63.3 cm³/mol. The van der Waals surface area contributed by atoms with Crippen LogP contribution in [0.5, 0.6) is 11.6 Å². The molecular weight excluding hydrogens is 238 g/mol. The lowest BCUT2D eigenvalue weighted by Crippen LogP contribution is -2.02. The third kappa shape index (κ3) is 2.46. The summed E-state index contributed by atoms with van der Waals surface area (Å²) < 4.78 is 32.1. The highest BCUT2D eigenvalue weighted by Crippen LogP contribution is 2.25. The van der Waals surface area contributed by atoms with Crippen molar-refractivity contribution in [2.75, 3.05) is 0 Å². The second-order valence-corrected chi connectivity index (χ2v) is 3.81. The van der Waals surface area contributed by atoms with Crippen molar-refractivity contribution >= 4 is 0 Å². The number of aryl methyl sites for hydroxylation is 1. The lowest BCUT2D eigenvalue weighted by Gasteiger charge is -2.08. The third-order valence-electron chi connectivity index (χ3n) is 2.50. The van der Waals surface area contributed by atoms with E-state index in [0.717, 1.165) is 0 Å². The van der Waals surface area contributed by atoms with Crippen LogP contribution in [0.25, 0.3) is 0 Å². The van der Waals surface area contributed by atoms with Gasteiger partial charge in [-0.05, 0) is 36.8 Å². The highest BCUT2D eigenvalue weighted by atomic mass is 19.1. The van der Waals surface area contributed by atoms with Crippen LogP contribution in [0.4, 0.5) is 8.78 Å². The van der Waals surface area contributed by atoms with Gasteiger partial charge in [0.25, 0.3) is 5.88 Å². The second-order valence-electron chi connectivity index (χ2n) is 3.81. The van der Waals surface area contributed by atoms with Crippen LogP contribution in [-0.2, 0) is 6.54 Å². The van der Waals surface area contributed by atoms with Crippen LogP contribution in [0.15, 0.2) is 30.5 Å². The van der Waals surface area contributed by atoms with E-state index in [9.17, 15) is 8.78 Å². The van der Waals surface area contributed by atoms with Gasteiger partial charge in [0, 0.05) is 18.3 Å². The molecule has 1 aromatic carbocycles. The Kier molecular flexibility index (Phi) is 3.53. The molecule has 0 amide bonds. The molecule has 1 aromatic heterocycles. The number of halogens is 2. The maximum Gasteiger partial charge on any atom is 0.256 e. The molecule has 0 saturated carbocycles. The third-order valence-corrected chi connectivity index (χ3v) is 2.50. The van der Waals surface area contributed by atoms with Crippen molar-refractivity contribution in [3.05, 3.63) is 53.2 Å². The zero-order valence-electron chi connectivity index (χ0n) is 9.78. The van der Waals surface area contributed by atoms with Gasteiger partial charge in [-0.1, -0.05) is 0 Å². The standard InChI is InChI=1S/C13H12F2N2O/c1-8-6-10(2-3-11(8)14)18-13-12(15)9(7-16)4-5-17-13/h2-6H,7,16H2,1H3. The van der Waals surface area contributed by atoms with Crippen molar-refractivity contribution in [1.82, 2.24) is 4.98 Å². The van der Waals surface area contributed by atoms with Gasteiger partial charge >= 0.3 is 0 Å². The maximum atomic E-state index is 13.8. The number of pyridine rings is 1. The van der Waals surface area contributed by atoms with E-state index in [1.807, 2.05) is 0 Å². The Labute approximate surface area is 103 Å². The van der Waals surface area contributed by atoms with Gasteiger partial charge in [-0.25, -0.2) is 13.8 Å². The molecule has 0 saturated heterocycles. The quantitative estimate of drug-likeness (QED) is 0.911. The van der Waals surface area contributed by atoms with Crippen LogP contribution >= 0.6 is 0 Å². The predicted octanol–water partition coefficient (Wildman–Crippen LogP) is 2.92. The molecule has 2 aromatic rings. The fourth-order valence-corrected chi connectivity index (χ4v) is 1.48. The molecule has 0 aliphatic rings. The lowest BCUT2D eigenvalue weighted by atomic mass is 10.2.